The van der Waals surface area contributed by atoms with Crippen molar-refractivity contribution in [3.05, 3.63) is 29.6 Å². The van der Waals surface area contributed by atoms with Gasteiger partial charge in [0.1, 0.15) is 5.84 Å². The van der Waals surface area contributed by atoms with Gasteiger partial charge in [0.15, 0.2) is 0 Å². The van der Waals surface area contributed by atoms with E-state index >= 15 is 0 Å². The quantitative estimate of drug-likeness (QED) is 0.584. The lowest BCUT2D eigenvalue weighted by molar-refractivity contribution is 0.665. The number of rotatable bonds is 3. The fourth-order valence-electron chi connectivity index (χ4n) is 1.10. The van der Waals surface area contributed by atoms with Gasteiger partial charge < -0.3 is 5.73 Å². The van der Waals surface area contributed by atoms with E-state index in [2.05, 4.69) is 23.8 Å². The van der Waals surface area contributed by atoms with Crippen LogP contribution < -0.4 is 5.73 Å². The number of aromatic nitrogens is 1. The molecule has 1 aromatic heterocycles. The van der Waals surface area contributed by atoms with Crippen LogP contribution in [0, 0.1) is 12.8 Å². The van der Waals surface area contributed by atoms with E-state index in [-0.39, 0.29) is 0 Å². The standard InChI is InChI=1S/C11H17N3/c1-8(2)6-14-11(12)10-7-13-5-4-9(10)3/h4-5,7-8H,6H2,1-3H3,(H2,12,14). The van der Waals surface area contributed by atoms with Crippen LogP contribution in [0.3, 0.4) is 0 Å². The van der Waals surface area contributed by atoms with Crippen LogP contribution in [-0.4, -0.2) is 17.4 Å². The number of hydrogen-bond donors (Lipinski definition) is 1. The van der Waals surface area contributed by atoms with Crippen molar-refractivity contribution < 1.29 is 0 Å². The van der Waals surface area contributed by atoms with E-state index in [1.165, 1.54) is 0 Å². The molecule has 0 aliphatic heterocycles. The molecule has 3 heteroatoms. The van der Waals surface area contributed by atoms with Crippen LogP contribution >= 0.6 is 0 Å². The minimum absolute atomic E-state index is 0.533. The van der Waals surface area contributed by atoms with Gasteiger partial charge in [0.05, 0.1) is 0 Å². The second kappa shape index (κ2) is 4.74. The Labute approximate surface area is 85.1 Å². The van der Waals surface area contributed by atoms with Crippen molar-refractivity contribution in [2.24, 2.45) is 16.6 Å². The number of amidine groups is 1. The first-order valence-corrected chi connectivity index (χ1v) is 4.82. The summed E-state index contributed by atoms with van der Waals surface area (Å²) >= 11 is 0. The first-order valence-electron chi connectivity index (χ1n) is 4.82. The summed E-state index contributed by atoms with van der Waals surface area (Å²) in [4.78, 5) is 8.34. The average molecular weight is 191 g/mol. The minimum Gasteiger partial charge on any atom is -0.383 e. The molecule has 0 aromatic carbocycles. The molecule has 14 heavy (non-hydrogen) atoms. The topological polar surface area (TPSA) is 51.3 Å². The SMILES string of the molecule is Cc1ccncc1C(N)=NCC(C)C. The molecule has 0 spiro atoms. The van der Waals surface area contributed by atoms with Crippen molar-refractivity contribution in [2.75, 3.05) is 6.54 Å². The van der Waals surface area contributed by atoms with E-state index in [4.69, 9.17) is 5.73 Å². The van der Waals surface area contributed by atoms with E-state index in [0.717, 1.165) is 17.7 Å². The third-order valence-electron chi connectivity index (χ3n) is 1.94. The molecule has 3 nitrogen and oxygen atoms in total. The minimum atomic E-state index is 0.533. The first kappa shape index (κ1) is 10.7. The van der Waals surface area contributed by atoms with Crippen molar-refractivity contribution in [1.29, 1.82) is 0 Å². The smallest absolute Gasteiger partial charge is 0.127 e. The molecule has 0 atom stereocenters. The normalized spacial score (nSPS) is 12.1. The molecule has 0 fully saturated rings. The van der Waals surface area contributed by atoms with Gasteiger partial charge in [0, 0.05) is 24.5 Å². The molecule has 1 aromatic rings. The second-order valence-electron chi connectivity index (χ2n) is 3.81. The summed E-state index contributed by atoms with van der Waals surface area (Å²) in [7, 11) is 0. The van der Waals surface area contributed by atoms with Gasteiger partial charge in [-0.1, -0.05) is 13.8 Å². The Morgan fingerprint density at radius 2 is 2.29 bits per heavy atom. The van der Waals surface area contributed by atoms with Crippen LogP contribution in [-0.2, 0) is 0 Å². The Kier molecular flexibility index (Phi) is 3.63. The zero-order valence-corrected chi connectivity index (χ0v) is 8.99. The molecule has 0 unspecified atom stereocenters. The van der Waals surface area contributed by atoms with E-state index in [1.54, 1.807) is 12.4 Å². The highest BCUT2D eigenvalue weighted by molar-refractivity contribution is 5.98. The zero-order chi connectivity index (χ0) is 10.6. The fraction of sp³-hybridized carbons (Fsp3) is 0.455. The Hall–Kier alpha value is -1.38. The molecule has 0 amide bonds. The van der Waals surface area contributed by atoms with Gasteiger partial charge in [-0.2, -0.15) is 0 Å². The van der Waals surface area contributed by atoms with Crippen LogP contribution in [0.4, 0.5) is 0 Å². The monoisotopic (exact) mass is 191 g/mol. The van der Waals surface area contributed by atoms with Crippen molar-refractivity contribution in [2.45, 2.75) is 20.8 Å². The van der Waals surface area contributed by atoms with Gasteiger partial charge in [-0.3, -0.25) is 9.98 Å². The van der Waals surface area contributed by atoms with Gasteiger partial charge in [-0.25, -0.2) is 0 Å². The lowest BCUT2D eigenvalue weighted by Gasteiger charge is -2.05. The van der Waals surface area contributed by atoms with E-state index in [0.29, 0.717) is 11.8 Å². The maximum absolute atomic E-state index is 5.85. The van der Waals surface area contributed by atoms with Crippen LogP contribution in [0.1, 0.15) is 25.0 Å². The van der Waals surface area contributed by atoms with Crippen molar-refractivity contribution >= 4 is 5.84 Å². The summed E-state index contributed by atoms with van der Waals surface area (Å²) in [5.41, 5.74) is 7.91. The van der Waals surface area contributed by atoms with Crippen LogP contribution in [0.25, 0.3) is 0 Å². The number of hydrogen-bond acceptors (Lipinski definition) is 2. The average Bonchev–Trinajstić information content (AvgIpc) is 2.15. The van der Waals surface area contributed by atoms with Gasteiger partial charge in [0.2, 0.25) is 0 Å². The maximum atomic E-state index is 5.85. The predicted octanol–water partition coefficient (Wildman–Crippen LogP) is 1.75. The Balaban J connectivity index is 2.84. The number of nitrogens with two attached hydrogens (primary N) is 1. The molecule has 0 saturated carbocycles. The van der Waals surface area contributed by atoms with Crippen molar-refractivity contribution in [1.82, 2.24) is 4.98 Å². The van der Waals surface area contributed by atoms with Crippen LogP contribution in [0.5, 0.6) is 0 Å². The Bertz CT molecular complexity index is 329. The molecular formula is C11H17N3. The Morgan fingerprint density at radius 1 is 1.57 bits per heavy atom. The van der Waals surface area contributed by atoms with Gasteiger partial charge in [-0.15, -0.1) is 0 Å². The molecule has 1 rings (SSSR count). The summed E-state index contributed by atoms with van der Waals surface area (Å²) in [6, 6.07) is 1.94. The molecule has 0 saturated heterocycles. The van der Waals surface area contributed by atoms with Crippen LogP contribution in [0.2, 0.25) is 0 Å². The van der Waals surface area contributed by atoms with E-state index in [9.17, 15) is 0 Å². The predicted molar refractivity (Wildman–Crippen MR) is 59.4 cm³/mol. The summed E-state index contributed by atoms with van der Waals surface area (Å²) in [5.74, 6) is 1.12. The number of pyridine rings is 1. The summed E-state index contributed by atoms with van der Waals surface area (Å²) in [6.07, 6.45) is 3.52. The maximum Gasteiger partial charge on any atom is 0.127 e. The summed E-state index contributed by atoms with van der Waals surface area (Å²) in [5, 5.41) is 0. The third-order valence-corrected chi connectivity index (χ3v) is 1.94. The number of nitrogens with zero attached hydrogens (tertiary/aromatic N) is 2. The fourth-order valence-corrected chi connectivity index (χ4v) is 1.10. The largest absolute Gasteiger partial charge is 0.383 e. The second-order valence-corrected chi connectivity index (χ2v) is 3.81. The summed E-state index contributed by atoms with van der Waals surface area (Å²) in [6.45, 7) is 7.01. The van der Waals surface area contributed by atoms with Gasteiger partial charge in [-0.05, 0) is 24.5 Å². The Morgan fingerprint density at radius 3 is 2.86 bits per heavy atom. The molecular weight excluding hydrogens is 174 g/mol. The number of aliphatic imine (C=N–C) groups is 1. The highest BCUT2D eigenvalue weighted by Gasteiger charge is 2.02. The lowest BCUT2D eigenvalue weighted by atomic mass is 10.1. The van der Waals surface area contributed by atoms with Gasteiger partial charge >= 0.3 is 0 Å². The third kappa shape index (κ3) is 2.83. The molecule has 0 radical (unpaired) electrons. The molecule has 0 aliphatic rings. The summed E-state index contributed by atoms with van der Waals surface area (Å²) < 4.78 is 0. The number of aryl methyl sites for hydroxylation is 1. The molecule has 76 valence electrons. The van der Waals surface area contributed by atoms with E-state index < -0.39 is 0 Å². The highest BCUT2D eigenvalue weighted by Crippen LogP contribution is 2.04. The molecule has 1 heterocycles. The van der Waals surface area contributed by atoms with Crippen LogP contribution in [0.15, 0.2) is 23.5 Å². The zero-order valence-electron chi connectivity index (χ0n) is 8.99. The van der Waals surface area contributed by atoms with Crippen molar-refractivity contribution in [3.8, 4) is 0 Å². The molecule has 0 bridgehead atoms. The molecule has 0 aliphatic carbocycles. The highest BCUT2D eigenvalue weighted by atomic mass is 14.9. The lowest BCUT2D eigenvalue weighted by Crippen LogP contribution is -2.16. The first-order chi connectivity index (χ1) is 6.61. The van der Waals surface area contributed by atoms with E-state index in [1.807, 2.05) is 13.0 Å². The van der Waals surface area contributed by atoms with Crippen molar-refractivity contribution in [3.63, 3.8) is 0 Å². The van der Waals surface area contributed by atoms with Gasteiger partial charge in [0.25, 0.3) is 0 Å². The molecule has 2 N–H and O–H groups in total.